The number of anilines is 1. The maximum atomic E-state index is 12.8. The predicted molar refractivity (Wildman–Crippen MR) is 124 cm³/mol. The Morgan fingerprint density at radius 3 is 2.62 bits per heavy atom. The van der Waals surface area contributed by atoms with Gasteiger partial charge in [-0.15, -0.1) is 0 Å². The van der Waals surface area contributed by atoms with Gasteiger partial charge in [0.05, 0.1) is 18.1 Å². The van der Waals surface area contributed by atoms with Crippen LogP contribution in [-0.2, 0) is 17.1 Å². The summed E-state index contributed by atoms with van der Waals surface area (Å²) in [5, 5.41) is 6.43. The zero-order valence-corrected chi connectivity index (χ0v) is 20.0. The SMILES string of the molecule is CNC(=O)c1ccc(Oc2cc(C3CCCCC3C)nc(NS(=O)(=O)c3cnn(C)c3)n2)cn1. The number of hydrogen-bond acceptors (Lipinski definition) is 8. The van der Waals surface area contributed by atoms with Crippen molar-refractivity contribution in [2.24, 2.45) is 13.0 Å². The van der Waals surface area contributed by atoms with Crippen LogP contribution in [0.25, 0.3) is 0 Å². The molecule has 180 valence electrons. The minimum Gasteiger partial charge on any atom is -0.437 e. The number of amides is 1. The van der Waals surface area contributed by atoms with Gasteiger partial charge in [0.15, 0.2) is 0 Å². The van der Waals surface area contributed by atoms with E-state index in [1.165, 1.54) is 36.4 Å². The van der Waals surface area contributed by atoms with Gasteiger partial charge in [0.1, 0.15) is 16.3 Å². The molecule has 4 rings (SSSR count). The molecule has 1 aliphatic carbocycles. The Balaban J connectivity index is 1.66. The minimum absolute atomic E-state index is 0.00601. The summed E-state index contributed by atoms with van der Waals surface area (Å²) in [6, 6.07) is 4.87. The van der Waals surface area contributed by atoms with Crippen LogP contribution in [0.2, 0.25) is 0 Å². The number of aromatic nitrogens is 5. The lowest BCUT2D eigenvalue weighted by Gasteiger charge is -2.28. The fraction of sp³-hybridized carbons (Fsp3) is 0.409. The van der Waals surface area contributed by atoms with Gasteiger partial charge in [-0.05, 0) is 24.5 Å². The first kappa shape index (κ1) is 23.6. The third kappa shape index (κ3) is 5.33. The maximum absolute atomic E-state index is 12.8. The molecule has 34 heavy (non-hydrogen) atoms. The van der Waals surface area contributed by atoms with E-state index >= 15 is 0 Å². The highest BCUT2D eigenvalue weighted by Crippen LogP contribution is 2.38. The van der Waals surface area contributed by atoms with Gasteiger partial charge in [0.25, 0.3) is 15.9 Å². The highest BCUT2D eigenvalue weighted by atomic mass is 32.2. The topological polar surface area (TPSA) is 141 Å². The van der Waals surface area contributed by atoms with E-state index in [0.717, 1.165) is 31.4 Å². The molecular weight excluding hydrogens is 458 g/mol. The van der Waals surface area contributed by atoms with E-state index in [0.29, 0.717) is 11.7 Å². The molecule has 2 atom stereocenters. The molecule has 2 unspecified atom stereocenters. The Bertz CT molecular complexity index is 1270. The van der Waals surface area contributed by atoms with Gasteiger partial charge >= 0.3 is 0 Å². The van der Waals surface area contributed by atoms with Gasteiger partial charge in [-0.25, -0.2) is 23.1 Å². The molecule has 2 N–H and O–H groups in total. The number of hydrogen-bond donors (Lipinski definition) is 2. The number of nitrogens with zero attached hydrogens (tertiary/aromatic N) is 5. The summed E-state index contributed by atoms with van der Waals surface area (Å²) in [5.74, 6) is 0.705. The number of pyridine rings is 1. The van der Waals surface area contributed by atoms with Crippen LogP contribution in [-0.4, -0.2) is 46.1 Å². The Hall–Kier alpha value is -3.54. The summed E-state index contributed by atoms with van der Waals surface area (Å²) in [7, 11) is -0.772. The molecule has 0 saturated heterocycles. The standard InChI is InChI=1S/C22H27N7O4S/c1-14-6-4-5-7-17(14)19-10-20(33-15-8-9-18(24-11-15)21(30)23-2)27-22(26-19)28-34(31,32)16-12-25-29(3)13-16/h8-14,17H,4-7H2,1-3H3,(H,23,30)(H,26,27,28). The van der Waals surface area contributed by atoms with E-state index in [1.807, 2.05) is 0 Å². The molecule has 0 bridgehead atoms. The van der Waals surface area contributed by atoms with Crippen LogP contribution in [0.3, 0.4) is 0 Å². The smallest absolute Gasteiger partial charge is 0.269 e. The molecule has 11 nitrogen and oxygen atoms in total. The first-order chi connectivity index (χ1) is 16.2. The van der Waals surface area contributed by atoms with E-state index < -0.39 is 10.0 Å². The van der Waals surface area contributed by atoms with Crippen molar-refractivity contribution in [3.05, 3.63) is 48.2 Å². The largest absolute Gasteiger partial charge is 0.437 e. The number of ether oxygens (including phenoxy) is 1. The van der Waals surface area contributed by atoms with Crippen LogP contribution in [0.15, 0.2) is 41.7 Å². The molecule has 1 saturated carbocycles. The summed E-state index contributed by atoms with van der Waals surface area (Å²) in [6.07, 6.45) is 8.34. The van der Waals surface area contributed by atoms with Gasteiger partial charge in [-0.3, -0.25) is 9.48 Å². The van der Waals surface area contributed by atoms with E-state index in [4.69, 9.17) is 4.74 Å². The van der Waals surface area contributed by atoms with Crippen molar-refractivity contribution in [2.75, 3.05) is 11.8 Å². The monoisotopic (exact) mass is 485 g/mol. The predicted octanol–water partition coefficient (Wildman–Crippen LogP) is 2.85. The fourth-order valence-electron chi connectivity index (χ4n) is 4.03. The van der Waals surface area contributed by atoms with Gasteiger partial charge in [0.2, 0.25) is 11.8 Å². The Morgan fingerprint density at radius 1 is 1.18 bits per heavy atom. The number of rotatable bonds is 7. The molecule has 1 aliphatic rings. The summed E-state index contributed by atoms with van der Waals surface area (Å²) in [6.45, 7) is 2.17. The minimum atomic E-state index is -3.93. The van der Waals surface area contributed by atoms with Gasteiger partial charge in [0, 0.05) is 32.3 Å². The molecule has 3 heterocycles. The van der Waals surface area contributed by atoms with Crippen LogP contribution < -0.4 is 14.8 Å². The maximum Gasteiger partial charge on any atom is 0.269 e. The third-order valence-corrected chi connectivity index (χ3v) is 7.13. The molecule has 1 amide bonds. The van der Waals surface area contributed by atoms with Crippen molar-refractivity contribution >= 4 is 21.9 Å². The molecule has 0 radical (unpaired) electrons. The first-order valence-electron chi connectivity index (χ1n) is 11.0. The van der Waals surface area contributed by atoms with E-state index in [-0.39, 0.29) is 34.2 Å². The quantitative estimate of drug-likeness (QED) is 0.520. The van der Waals surface area contributed by atoms with Crippen molar-refractivity contribution < 1.29 is 17.9 Å². The van der Waals surface area contributed by atoms with Crippen LogP contribution in [0.5, 0.6) is 11.6 Å². The third-order valence-electron chi connectivity index (χ3n) is 5.85. The Morgan fingerprint density at radius 2 is 1.97 bits per heavy atom. The molecule has 1 fully saturated rings. The van der Waals surface area contributed by atoms with E-state index in [1.54, 1.807) is 19.2 Å². The highest BCUT2D eigenvalue weighted by Gasteiger charge is 2.27. The van der Waals surface area contributed by atoms with Crippen LogP contribution in [0.4, 0.5) is 5.95 Å². The number of sulfonamides is 1. The zero-order valence-electron chi connectivity index (χ0n) is 19.2. The van der Waals surface area contributed by atoms with Crippen LogP contribution >= 0.6 is 0 Å². The second kappa shape index (κ2) is 9.75. The van der Waals surface area contributed by atoms with Crippen molar-refractivity contribution in [2.45, 2.75) is 43.4 Å². The molecule has 0 aliphatic heterocycles. The second-order valence-electron chi connectivity index (χ2n) is 8.34. The van der Waals surface area contributed by atoms with Crippen molar-refractivity contribution in [1.29, 1.82) is 0 Å². The van der Waals surface area contributed by atoms with Gasteiger partial charge in [-0.1, -0.05) is 26.2 Å². The number of carbonyl (C=O) groups is 1. The van der Waals surface area contributed by atoms with Crippen LogP contribution in [0, 0.1) is 5.92 Å². The Labute approximate surface area is 198 Å². The van der Waals surface area contributed by atoms with Crippen molar-refractivity contribution in [1.82, 2.24) is 30.0 Å². The zero-order chi connectivity index (χ0) is 24.3. The second-order valence-corrected chi connectivity index (χ2v) is 10.0. The lowest BCUT2D eigenvalue weighted by atomic mass is 9.78. The molecule has 12 heteroatoms. The summed E-state index contributed by atoms with van der Waals surface area (Å²) in [4.78, 5) is 24.6. The summed E-state index contributed by atoms with van der Waals surface area (Å²) >= 11 is 0. The van der Waals surface area contributed by atoms with Crippen LogP contribution in [0.1, 0.15) is 54.7 Å². The van der Waals surface area contributed by atoms with Crippen molar-refractivity contribution in [3.8, 4) is 11.6 Å². The summed E-state index contributed by atoms with van der Waals surface area (Å²) < 4.78 is 35.4. The number of aryl methyl sites for hydroxylation is 1. The average Bonchev–Trinajstić information content (AvgIpc) is 3.26. The summed E-state index contributed by atoms with van der Waals surface area (Å²) in [5.41, 5.74) is 0.968. The number of nitrogens with one attached hydrogen (secondary N) is 2. The molecule has 0 aromatic carbocycles. The lowest BCUT2D eigenvalue weighted by molar-refractivity contribution is 0.0958. The molecule has 3 aromatic heterocycles. The van der Waals surface area contributed by atoms with Gasteiger partial charge < -0.3 is 10.1 Å². The average molecular weight is 486 g/mol. The number of carbonyl (C=O) groups excluding carboxylic acids is 1. The molecule has 0 spiro atoms. The molecular formula is C22H27N7O4S. The normalized spacial score (nSPS) is 18.3. The molecule has 3 aromatic rings. The Kier molecular flexibility index (Phi) is 6.77. The van der Waals surface area contributed by atoms with E-state index in [2.05, 4.69) is 37.0 Å². The lowest BCUT2D eigenvalue weighted by Crippen LogP contribution is -2.19. The van der Waals surface area contributed by atoms with E-state index in [9.17, 15) is 13.2 Å². The van der Waals surface area contributed by atoms with Gasteiger partial charge in [-0.2, -0.15) is 10.1 Å². The highest BCUT2D eigenvalue weighted by molar-refractivity contribution is 7.92. The van der Waals surface area contributed by atoms with Crippen molar-refractivity contribution in [3.63, 3.8) is 0 Å². The first-order valence-corrected chi connectivity index (χ1v) is 12.5. The fourth-order valence-corrected chi connectivity index (χ4v) is 4.95.